The van der Waals surface area contributed by atoms with Crippen molar-refractivity contribution in [1.29, 1.82) is 0 Å². The fourth-order valence-electron chi connectivity index (χ4n) is 0.604. The summed E-state index contributed by atoms with van der Waals surface area (Å²) in [4.78, 5) is 0. The minimum absolute atomic E-state index is 0. The summed E-state index contributed by atoms with van der Waals surface area (Å²) in [5.41, 5.74) is 0. The molecule has 4 N–H and O–H groups in total. The van der Waals surface area contributed by atoms with Crippen molar-refractivity contribution < 1.29 is 0 Å². The summed E-state index contributed by atoms with van der Waals surface area (Å²) < 4.78 is 0. The minimum Gasteiger partial charge on any atom is -0.292 e. The zero-order valence-electron chi connectivity index (χ0n) is 4.83. The second-order valence-corrected chi connectivity index (χ2v) is 1.71. The molecule has 0 aromatic heterocycles. The van der Waals surface area contributed by atoms with Gasteiger partial charge in [0.15, 0.2) is 0 Å². The molecular weight excluding hydrogens is 128 g/mol. The molecule has 0 aliphatic carbocycles. The lowest BCUT2D eigenvalue weighted by Gasteiger charge is -2.13. The van der Waals surface area contributed by atoms with E-state index >= 15 is 0 Å². The summed E-state index contributed by atoms with van der Waals surface area (Å²) in [6, 6.07) is 0. The Bertz CT molecular complexity index is 33.7. The summed E-state index contributed by atoms with van der Waals surface area (Å²) in [5.74, 6) is 0. The second-order valence-electron chi connectivity index (χ2n) is 1.71. The highest BCUT2D eigenvalue weighted by Gasteiger charge is 1.89. The van der Waals surface area contributed by atoms with Crippen LogP contribution >= 0.6 is 0 Å². The van der Waals surface area contributed by atoms with E-state index in [2.05, 4.69) is 21.3 Å². The fraction of sp³-hybridized carbons (Fsp3) is 1.00. The summed E-state index contributed by atoms with van der Waals surface area (Å²) in [6.07, 6.45) is 0. The van der Waals surface area contributed by atoms with E-state index in [0.717, 1.165) is 26.7 Å². The first-order chi connectivity index (χ1) is 4.00. The summed E-state index contributed by atoms with van der Waals surface area (Å²) >= 11 is 0. The monoisotopic (exact) mass is 148 g/mol. The van der Waals surface area contributed by atoms with Gasteiger partial charge in [-0.1, -0.05) is 14.9 Å². The van der Waals surface area contributed by atoms with Crippen LogP contribution in [0.4, 0.5) is 0 Å². The lowest BCUT2D eigenvalue weighted by Crippen LogP contribution is -2.47. The van der Waals surface area contributed by atoms with Gasteiger partial charge in [-0.3, -0.25) is 21.3 Å². The highest BCUT2D eigenvalue weighted by Crippen LogP contribution is 1.56. The van der Waals surface area contributed by atoms with Crippen LogP contribution in [0.1, 0.15) is 14.9 Å². The molecule has 0 bridgehead atoms. The molecule has 0 amide bonds. The van der Waals surface area contributed by atoms with Gasteiger partial charge in [-0.2, -0.15) is 0 Å². The Labute approximate surface area is 63.8 Å². The van der Waals surface area contributed by atoms with Gasteiger partial charge in [-0.05, 0) is 0 Å². The Kier molecular flexibility index (Phi) is 11.1. The molecule has 0 saturated carbocycles. The maximum Gasteiger partial charge on any atom is 0.0474 e. The molecule has 1 aliphatic heterocycles. The second kappa shape index (κ2) is 8.84. The molecule has 1 heterocycles. The molecular formula is C6H20N4. The van der Waals surface area contributed by atoms with Crippen LogP contribution in [0, 0.1) is 0 Å². The normalized spacial score (nSPS) is 19.2. The van der Waals surface area contributed by atoms with Gasteiger partial charge in [0.05, 0.1) is 0 Å². The van der Waals surface area contributed by atoms with Crippen LogP contribution in [0.5, 0.6) is 0 Å². The van der Waals surface area contributed by atoms with E-state index in [1.165, 1.54) is 0 Å². The van der Waals surface area contributed by atoms with Crippen molar-refractivity contribution in [2.24, 2.45) is 0 Å². The molecule has 1 saturated heterocycles. The predicted octanol–water partition coefficient (Wildman–Crippen LogP) is -0.539. The molecule has 0 spiro atoms. The average Bonchev–Trinajstić information content (AvgIpc) is 1.62. The predicted molar refractivity (Wildman–Crippen MR) is 45.5 cm³/mol. The summed E-state index contributed by atoms with van der Waals surface area (Å²) in [6.45, 7) is 3.50. The first kappa shape index (κ1) is 12.5. The molecule has 0 unspecified atom stereocenters. The number of rotatable bonds is 0. The van der Waals surface area contributed by atoms with E-state index in [9.17, 15) is 0 Å². The third kappa shape index (κ3) is 5.97. The Hall–Kier alpha value is -0.160. The van der Waals surface area contributed by atoms with Crippen molar-refractivity contribution in [3.8, 4) is 0 Å². The van der Waals surface area contributed by atoms with Crippen LogP contribution < -0.4 is 21.3 Å². The lowest BCUT2D eigenvalue weighted by atomic mass is 10.8. The van der Waals surface area contributed by atoms with Crippen LogP contribution in [-0.4, -0.2) is 26.7 Å². The van der Waals surface area contributed by atoms with Crippen molar-refractivity contribution in [2.45, 2.75) is 14.9 Å². The molecule has 1 rings (SSSR count). The van der Waals surface area contributed by atoms with Crippen LogP contribution in [0.3, 0.4) is 0 Å². The average molecular weight is 148 g/mol. The smallest absolute Gasteiger partial charge is 0.0474 e. The molecule has 1 aliphatic rings. The van der Waals surface area contributed by atoms with Gasteiger partial charge in [0.25, 0.3) is 0 Å². The van der Waals surface area contributed by atoms with Gasteiger partial charge >= 0.3 is 0 Å². The Morgan fingerprint density at radius 3 is 0.900 bits per heavy atom. The van der Waals surface area contributed by atoms with Crippen molar-refractivity contribution in [3.63, 3.8) is 0 Å². The fourth-order valence-corrected chi connectivity index (χ4v) is 0.604. The molecule has 1 fully saturated rings. The Morgan fingerprint density at radius 2 is 0.700 bits per heavy atom. The molecule has 0 aromatic rings. The van der Waals surface area contributed by atoms with Gasteiger partial charge in [0, 0.05) is 26.7 Å². The van der Waals surface area contributed by atoms with Gasteiger partial charge in [0.2, 0.25) is 0 Å². The van der Waals surface area contributed by atoms with Crippen LogP contribution in [0.2, 0.25) is 0 Å². The largest absolute Gasteiger partial charge is 0.292 e. The quantitative estimate of drug-likeness (QED) is 0.373. The van der Waals surface area contributed by atoms with Crippen molar-refractivity contribution in [2.75, 3.05) is 26.7 Å². The SMILES string of the molecule is C.C.C1NCNCNCN1. The van der Waals surface area contributed by atoms with Gasteiger partial charge in [0.1, 0.15) is 0 Å². The van der Waals surface area contributed by atoms with Crippen LogP contribution in [0.25, 0.3) is 0 Å². The van der Waals surface area contributed by atoms with Gasteiger partial charge in [-0.15, -0.1) is 0 Å². The third-order valence-electron chi connectivity index (χ3n) is 1.000. The highest BCUT2D eigenvalue weighted by molar-refractivity contribution is 4.49. The Morgan fingerprint density at radius 1 is 0.500 bits per heavy atom. The van der Waals surface area contributed by atoms with Crippen molar-refractivity contribution >= 4 is 0 Å². The van der Waals surface area contributed by atoms with Crippen LogP contribution in [-0.2, 0) is 0 Å². The van der Waals surface area contributed by atoms with E-state index in [-0.39, 0.29) is 14.9 Å². The van der Waals surface area contributed by atoms with E-state index in [0.29, 0.717) is 0 Å². The minimum atomic E-state index is 0. The lowest BCUT2D eigenvalue weighted by molar-refractivity contribution is 0.443. The molecule has 0 atom stereocenters. The van der Waals surface area contributed by atoms with E-state index in [1.54, 1.807) is 0 Å². The van der Waals surface area contributed by atoms with Crippen LogP contribution in [0.15, 0.2) is 0 Å². The van der Waals surface area contributed by atoms with E-state index < -0.39 is 0 Å². The number of hydrogen-bond donors (Lipinski definition) is 4. The number of nitrogens with one attached hydrogen (secondary N) is 4. The topological polar surface area (TPSA) is 48.1 Å². The summed E-state index contributed by atoms with van der Waals surface area (Å²) in [5, 5.41) is 12.5. The number of hydrogen-bond acceptors (Lipinski definition) is 4. The summed E-state index contributed by atoms with van der Waals surface area (Å²) in [7, 11) is 0. The molecule has 0 aromatic carbocycles. The first-order valence-electron chi connectivity index (χ1n) is 2.83. The van der Waals surface area contributed by atoms with Gasteiger partial charge in [-0.25, -0.2) is 0 Å². The zero-order chi connectivity index (χ0) is 5.66. The van der Waals surface area contributed by atoms with E-state index in [1.807, 2.05) is 0 Å². The van der Waals surface area contributed by atoms with Crippen molar-refractivity contribution in [3.05, 3.63) is 0 Å². The molecule has 4 nitrogen and oxygen atoms in total. The molecule has 0 radical (unpaired) electrons. The molecule has 10 heavy (non-hydrogen) atoms. The van der Waals surface area contributed by atoms with E-state index in [4.69, 9.17) is 0 Å². The Balaban J connectivity index is 0. The first-order valence-corrected chi connectivity index (χ1v) is 2.83. The van der Waals surface area contributed by atoms with Crippen molar-refractivity contribution in [1.82, 2.24) is 21.3 Å². The standard InChI is InChI=1S/C4H12N4.2CH4/c1-5-2-7-4-8-3-6-1;;/h5-8H,1-4H2;2*1H4. The molecule has 4 heteroatoms. The zero-order valence-corrected chi connectivity index (χ0v) is 4.83. The highest BCUT2D eigenvalue weighted by atomic mass is 15.2. The third-order valence-corrected chi connectivity index (χ3v) is 1.000. The maximum absolute atomic E-state index is 3.12. The van der Waals surface area contributed by atoms with Gasteiger partial charge < -0.3 is 0 Å². The molecule has 64 valence electrons. The maximum atomic E-state index is 3.12.